The van der Waals surface area contributed by atoms with Crippen LogP contribution in [-0.2, 0) is 5.41 Å². The Bertz CT molecular complexity index is 435. The second-order valence-corrected chi connectivity index (χ2v) is 6.29. The molecule has 0 spiro atoms. The highest BCUT2D eigenvalue weighted by Crippen LogP contribution is 2.36. The van der Waals surface area contributed by atoms with Crippen LogP contribution in [-0.4, -0.2) is 36.8 Å². The van der Waals surface area contributed by atoms with Crippen LogP contribution in [0.3, 0.4) is 0 Å². The molecule has 1 aromatic rings. The second-order valence-electron chi connectivity index (χ2n) is 6.29. The van der Waals surface area contributed by atoms with E-state index in [0.29, 0.717) is 6.61 Å². The lowest BCUT2D eigenvalue weighted by Crippen LogP contribution is -2.41. The summed E-state index contributed by atoms with van der Waals surface area (Å²) in [7, 11) is 3.93. The summed E-state index contributed by atoms with van der Waals surface area (Å²) < 4.78 is 5.80. The van der Waals surface area contributed by atoms with Crippen molar-refractivity contribution in [1.82, 2.24) is 4.90 Å². The van der Waals surface area contributed by atoms with Crippen molar-refractivity contribution in [2.45, 2.75) is 38.3 Å². The van der Waals surface area contributed by atoms with E-state index in [2.05, 4.69) is 32.9 Å². The topological polar surface area (TPSA) is 32.7 Å². The molecule has 0 radical (unpaired) electrons. The Balaban J connectivity index is 2.35. The Kier molecular flexibility index (Phi) is 3.39. The number of ether oxygens (including phenoxy) is 1. The smallest absolute Gasteiger partial charge is 0.125 e. The monoisotopic (exact) mass is 249 g/mol. The average Bonchev–Trinajstić information content (AvgIpc) is 2.27. The highest BCUT2D eigenvalue weighted by atomic mass is 16.5. The minimum atomic E-state index is -0.474. The molecule has 0 aliphatic carbocycles. The van der Waals surface area contributed by atoms with Crippen molar-refractivity contribution < 1.29 is 9.84 Å². The van der Waals surface area contributed by atoms with Crippen LogP contribution >= 0.6 is 0 Å². The molecule has 0 unspecified atom stereocenters. The van der Waals surface area contributed by atoms with Crippen molar-refractivity contribution >= 4 is 0 Å². The van der Waals surface area contributed by atoms with Crippen molar-refractivity contribution in [3.63, 3.8) is 0 Å². The molecule has 2 atom stereocenters. The molecule has 2 rings (SSSR count). The van der Waals surface area contributed by atoms with Crippen molar-refractivity contribution in [2.24, 2.45) is 0 Å². The van der Waals surface area contributed by atoms with Crippen molar-refractivity contribution in [3.8, 4) is 5.75 Å². The molecule has 100 valence electrons. The van der Waals surface area contributed by atoms with Gasteiger partial charge in [-0.05, 0) is 31.1 Å². The molecule has 18 heavy (non-hydrogen) atoms. The van der Waals surface area contributed by atoms with E-state index in [0.717, 1.165) is 11.3 Å². The standard InChI is InChI=1S/C15H23NO2/c1-15(2,3)10-6-7-11-13(8-10)18-9-12(14(11)17)16(4)5/h6-8,12,14,17H,9H2,1-5H3/t12-,14+/m1/s1. The van der Waals surface area contributed by atoms with Gasteiger partial charge in [-0.1, -0.05) is 32.9 Å². The number of benzene rings is 1. The van der Waals surface area contributed by atoms with E-state index >= 15 is 0 Å². The molecule has 0 aromatic heterocycles. The lowest BCUT2D eigenvalue weighted by Gasteiger charge is -2.35. The third-order valence-electron chi connectivity index (χ3n) is 3.64. The Labute approximate surface area is 109 Å². The average molecular weight is 249 g/mol. The van der Waals surface area contributed by atoms with Crippen LogP contribution in [0, 0.1) is 0 Å². The van der Waals surface area contributed by atoms with Crippen LogP contribution in [0.15, 0.2) is 18.2 Å². The second kappa shape index (κ2) is 4.56. The molecule has 0 saturated heterocycles. The first-order chi connectivity index (χ1) is 8.30. The van der Waals surface area contributed by atoms with Crippen LogP contribution in [0.4, 0.5) is 0 Å². The van der Waals surface area contributed by atoms with Crippen LogP contribution in [0.1, 0.15) is 38.0 Å². The lowest BCUT2D eigenvalue weighted by atomic mass is 9.85. The fourth-order valence-corrected chi connectivity index (χ4v) is 2.28. The summed E-state index contributed by atoms with van der Waals surface area (Å²) in [6.45, 7) is 7.07. The molecule has 1 aliphatic heterocycles. The number of hydrogen-bond acceptors (Lipinski definition) is 3. The maximum atomic E-state index is 10.4. The Morgan fingerprint density at radius 1 is 1.28 bits per heavy atom. The van der Waals surface area contributed by atoms with E-state index in [9.17, 15) is 5.11 Å². The molecule has 1 aromatic carbocycles. The van der Waals surface area contributed by atoms with Crippen molar-refractivity contribution in [3.05, 3.63) is 29.3 Å². The van der Waals surface area contributed by atoms with E-state index in [1.165, 1.54) is 5.56 Å². The molecular weight excluding hydrogens is 226 g/mol. The van der Waals surface area contributed by atoms with Crippen LogP contribution in [0.5, 0.6) is 5.75 Å². The minimum absolute atomic E-state index is 0.0259. The number of hydrogen-bond donors (Lipinski definition) is 1. The van der Waals surface area contributed by atoms with E-state index in [4.69, 9.17) is 4.74 Å². The predicted molar refractivity (Wildman–Crippen MR) is 73.1 cm³/mol. The van der Waals surface area contributed by atoms with Gasteiger partial charge in [-0.15, -0.1) is 0 Å². The summed E-state index contributed by atoms with van der Waals surface area (Å²) in [5, 5.41) is 10.4. The molecule has 0 bridgehead atoms. The summed E-state index contributed by atoms with van der Waals surface area (Å²) in [6.07, 6.45) is -0.474. The van der Waals surface area contributed by atoms with Crippen LogP contribution in [0.25, 0.3) is 0 Å². The molecule has 1 heterocycles. The van der Waals surface area contributed by atoms with Gasteiger partial charge in [0, 0.05) is 5.56 Å². The van der Waals surface area contributed by atoms with Crippen LogP contribution in [0.2, 0.25) is 0 Å². The van der Waals surface area contributed by atoms with Gasteiger partial charge in [-0.25, -0.2) is 0 Å². The third kappa shape index (κ3) is 2.38. The quantitative estimate of drug-likeness (QED) is 0.829. The molecule has 3 nitrogen and oxygen atoms in total. The largest absolute Gasteiger partial charge is 0.491 e. The first-order valence-corrected chi connectivity index (χ1v) is 6.42. The first-order valence-electron chi connectivity index (χ1n) is 6.42. The SMILES string of the molecule is CN(C)[C@@H]1COc2cc(C(C)(C)C)ccc2[C@@H]1O. The molecular formula is C15H23NO2. The van der Waals surface area contributed by atoms with Gasteiger partial charge in [-0.2, -0.15) is 0 Å². The molecule has 0 fully saturated rings. The van der Waals surface area contributed by atoms with Gasteiger partial charge in [0.05, 0.1) is 6.04 Å². The van der Waals surface area contributed by atoms with Gasteiger partial charge in [0.15, 0.2) is 0 Å². The predicted octanol–water partition coefficient (Wildman–Crippen LogP) is 2.34. The lowest BCUT2D eigenvalue weighted by molar-refractivity contribution is 0.0257. The summed E-state index contributed by atoms with van der Waals surface area (Å²) in [4.78, 5) is 2.01. The van der Waals surface area contributed by atoms with Crippen molar-refractivity contribution in [1.29, 1.82) is 0 Å². The maximum Gasteiger partial charge on any atom is 0.125 e. The van der Waals surface area contributed by atoms with Gasteiger partial charge >= 0.3 is 0 Å². The van der Waals surface area contributed by atoms with Gasteiger partial charge in [0.1, 0.15) is 18.5 Å². The number of aliphatic hydroxyl groups is 1. The fourth-order valence-electron chi connectivity index (χ4n) is 2.28. The van der Waals surface area contributed by atoms with E-state index in [1.54, 1.807) is 0 Å². The maximum absolute atomic E-state index is 10.4. The van der Waals surface area contributed by atoms with E-state index < -0.39 is 6.10 Å². The fraction of sp³-hybridized carbons (Fsp3) is 0.600. The summed E-state index contributed by atoms with van der Waals surface area (Å²) in [5.74, 6) is 0.827. The number of aliphatic hydroxyl groups excluding tert-OH is 1. The minimum Gasteiger partial charge on any atom is -0.491 e. The zero-order chi connectivity index (χ0) is 13.5. The Hall–Kier alpha value is -1.06. The normalized spacial score (nSPS) is 23.7. The number of nitrogens with zero attached hydrogens (tertiary/aromatic N) is 1. The Morgan fingerprint density at radius 3 is 2.50 bits per heavy atom. The number of rotatable bonds is 1. The zero-order valence-electron chi connectivity index (χ0n) is 11.9. The molecule has 0 saturated carbocycles. The number of likely N-dealkylation sites (N-methyl/N-ethyl adjacent to an activating group) is 1. The Morgan fingerprint density at radius 2 is 1.94 bits per heavy atom. The van der Waals surface area contributed by atoms with Crippen LogP contribution < -0.4 is 4.74 Å². The summed E-state index contributed by atoms with van der Waals surface area (Å²) in [5.41, 5.74) is 2.23. The van der Waals surface area contributed by atoms with Gasteiger partial charge in [0.25, 0.3) is 0 Å². The zero-order valence-corrected chi connectivity index (χ0v) is 11.9. The van der Waals surface area contributed by atoms with Crippen molar-refractivity contribution in [2.75, 3.05) is 20.7 Å². The number of fused-ring (bicyclic) bond motifs is 1. The highest BCUT2D eigenvalue weighted by Gasteiger charge is 2.31. The molecule has 1 N–H and O–H groups in total. The molecule has 0 amide bonds. The third-order valence-corrected chi connectivity index (χ3v) is 3.64. The summed E-state index contributed by atoms with van der Waals surface area (Å²) >= 11 is 0. The highest BCUT2D eigenvalue weighted by molar-refractivity contribution is 5.43. The molecule has 3 heteroatoms. The molecule has 1 aliphatic rings. The van der Waals surface area contributed by atoms with Gasteiger partial charge in [0.2, 0.25) is 0 Å². The summed E-state index contributed by atoms with van der Waals surface area (Å²) in [6, 6.07) is 6.17. The van der Waals surface area contributed by atoms with E-state index in [-0.39, 0.29) is 11.5 Å². The van der Waals surface area contributed by atoms with Gasteiger partial charge in [-0.3, -0.25) is 0 Å². The first kappa shape index (κ1) is 13.4. The van der Waals surface area contributed by atoms with E-state index in [1.807, 2.05) is 25.1 Å². The van der Waals surface area contributed by atoms with Gasteiger partial charge < -0.3 is 14.7 Å².